The number of hydrogen-bond acceptors (Lipinski definition) is 3. The zero-order chi connectivity index (χ0) is 12.3. The Morgan fingerprint density at radius 3 is 2.18 bits per heavy atom. The Bertz CT molecular complexity index is 361. The largest absolute Gasteiger partial charge is 0.396 e. The van der Waals surface area contributed by atoms with Crippen molar-refractivity contribution in [3.05, 3.63) is 22.8 Å². The van der Waals surface area contributed by atoms with Gasteiger partial charge in [0, 0.05) is 23.9 Å². The summed E-state index contributed by atoms with van der Waals surface area (Å²) in [5.41, 5.74) is 3.21. The first-order chi connectivity index (χ1) is 8.22. The van der Waals surface area contributed by atoms with E-state index >= 15 is 0 Å². The molecule has 1 aromatic rings. The molecule has 0 unspecified atom stereocenters. The van der Waals surface area contributed by atoms with Crippen molar-refractivity contribution in [2.24, 2.45) is 0 Å². The van der Waals surface area contributed by atoms with E-state index in [1.165, 1.54) is 32.1 Å². The van der Waals surface area contributed by atoms with Crippen LogP contribution in [-0.4, -0.2) is 21.7 Å². The van der Waals surface area contributed by atoms with Crippen LogP contribution < -0.4 is 0 Å². The van der Waals surface area contributed by atoms with E-state index in [1.54, 1.807) is 0 Å². The van der Waals surface area contributed by atoms with Gasteiger partial charge in [-0.25, -0.2) is 9.97 Å². The van der Waals surface area contributed by atoms with Crippen LogP contribution in [0.5, 0.6) is 0 Å². The van der Waals surface area contributed by atoms with Gasteiger partial charge in [0.15, 0.2) is 0 Å². The van der Waals surface area contributed by atoms with Gasteiger partial charge in [-0.05, 0) is 38.7 Å². The minimum atomic E-state index is 0.174. The van der Waals surface area contributed by atoms with Crippen LogP contribution in [0, 0.1) is 13.8 Å². The van der Waals surface area contributed by atoms with Gasteiger partial charge >= 0.3 is 0 Å². The molecule has 0 amide bonds. The molecule has 1 saturated carbocycles. The molecule has 94 valence electrons. The van der Waals surface area contributed by atoms with Crippen molar-refractivity contribution in [2.75, 3.05) is 6.61 Å². The van der Waals surface area contributed by atoms with E-state index in [-0.39, 0.29) is 6.61 Å². The summed E-state index contributed by atoms with van der Waals surface area (Å²) in [5.74, 6) is 1.59. The summed E-state index contributed by atoms with van der Waals surface area (Å²) in [4.78, 5) is 9.31. The highest BCUT2D eigenvalue weighted by atomic mass is 16.2. The van der Waals surface area contributed by atoms with E-state index in [4.69, 9.17) is 5.11 Å². The van der Waals surface area contributed by atoms with Gasteiger partial charge in [-0.2, -0.15) is 0 Å². The predicted molar refractivity (Wildman–Crippen MR) is 68.1 cm³/mol. The van der Waals surface area contributed by atoms with E-state index in [1.807, 2.05) is 13.8 Å². The Hall–Kier alpha value is -0.960. The lowest BCUT2D eigenvalue weighted by Crippen LogP contribution is -2.13. The molecule has 1 N–H and O–H groups in total. The van der Waals surface area contributed by atoms with Gasteiger partial charge in [-0.1, -0.05) is 19.3 Å². The first-order valence-corrected chi connectivity index (χ1v) is 6.67. The first-order valence-electron chi connectivity index (χ1n) is 6.67. The predicted octanol–water partition coefficient (Wildman–Crippen LogP) is 2.68. The molecule has 1 heterocycles. The number of nitrogens with zero attached hydrogens (tertiary/aromatic N) is 2. The Labute approximate surface area is 103 Å². The zero-order valence-electron chi connectivity index (χ0n) is 10.9. The third-order valence-corrected chi connectivity index (χ3v) is 3.77. The Morgan fingerprint density at radius 2 is 1.65 bits per heavy atom. The number of aliphatic hydroxyl groups is 1. The van der Waals surface area contributed by atoms with Crippen LogP contribution in [-0.2, 0) is 6.42 Å². The second-order valence-corrected chi connectivity index (χ2v) is 5.04. The first kappa shape index (κ1) is 12.5. The fourth-order valence-electron chi connectivity index (χ4n) is 2.78. The smallest absolute Gasteiger partial charge is 0.131 e. The molecule has 1 aromatic heterocycles. The molecule has 0 spiro atoms. The molecule has 0 radical (unpaired) electrons. The Morgan fingerprint density at radius 1 is 1.06 bits per heavy atom. The van der Waals surface area contributed by atoms with E-state index in [2.05, 4.69) is 9.97 Å². The van der Waals surface area contributed by atoms with Crippen molar-refractivity contribution in [3.8, 4) is 0 Å². The van der Waals surface area contributed by atoms with Crippen molar-refractivity contribution in [2.45, 2.75) is 58.3 Å². The molecule has 1 aliphatic carbocycles. The molecule has 2 rings (SSSR count). The molecule has 1 fully saturated rings. The van der Waals surface area contributed by atoms with Gasteiger partial charge in [0.25, 0.3) is 0 Å². The standard InChI is InChI=1S/C14H22N2O/c1-10-13(8-9-17)11(2)16-14(15-10)12-6-4-3-5-7-12/h12,17H,3-9H2,1-2H3. The van der Waals surface area contributed by atoms with Gasteiger partial charge in [-0.3, -0.25) is 0 Å². The Kier molecular flexibility index (Phi) is 4.11. The van der Waals surface area contributed by atoms with Crippen LogP contribution in [0.25, 0.3) is 0 Å². The number of aryl methyl sites for hydroxylation is 2. The van der Waals surface area contributed by atoms with Crippen LogP contribution in [0.15, 0.2) is 0 Å². The molecule has 0 aliphatic heterocycles. The summed E-state index contributed by atoms with van der Waals surface area (Å²) in [6, 6.07) is 0. The average Bonchev–Trinajstić information content (AvgIpc) is 2.35. The summed E-state index contributed by atoms with van der Waals surface area (Å²) in [6.45, 7) is 4.24. The molecule has 1 aliphatic rings. The minimum Gasteiger partial charge on any atom is -0.396 e. The number of aliphatic hydroxyl groups excluding tert-OH is 1. The maximum atomic E-state index is 9.03. The summed E-state index contributed by atoms with van der Waals surface area (Å²) in [5, 5.41) is 9.03. The summed E-state index contributed by atoms with van der Waals surface area (Å²) in [7, 11) is 0. The van der Waals surface area contributed by atoms with Crippen LogP contribution in [0.2, 0.25) is 0 Å². The third-order valence-electron chi connectivity index (χ3n) is 3.77. The van der Waals surface area contributed by atoms with Crippen molar-refractivity contribution in [3.63, 3.8) is 0 Å². The third kappa shape index (κ3) is 2.83. The van der Waals surface area contributed by atoms with E-state index in [0.29, 0.717) is 12.3 Å². The monoisotopic (exact) mass is 234 g/mol. The highest BCUT2D eigenvalue weighted by molar-refractivity contribution is 5.25. The quantitative estimate of drug-likeness (QED) is 0.874. The lowest BCUT2D eigenvalue weighted by Gasteiger charge is -2.21. The van der Waals surface area contributed by atoms with Crippen molar-refractivity contribution in [1.29, 1.82) is 0 Å². The average molecular weight is 234 g/mol. The minimum absolute atomic E-state index is 0.174. The van der Waals surface area contributed by atoms with Gasteiger partial charge in [-0.15, -0.1) is 0 Å². The van der Waals surface area contributed by atoms with E-state index in [9.17, 15) is 0 Å². The molecular formula is C14H22N2O. The van der Waals surface area contributed by atoms with Crippen LogP contribution >= 0.6 is 0 Å². The second kappa shape index (κ2) is 5.58. The van der Waals surface area contributed by atoms with Crippen LogP contribution in [0.3, 0.4) is 0 Å². The molecule has 0 bridgehead atoms. The topological polar surface area (TPSA) is 46.0 Å². The van der Waals surface area contributed by atoms with Gasteiger partial charge < -0.3 is 5.11 Å². The van der Waals surface area contributed by atoms with Crippen molar-refractivity contribution < 1.29 is 5.11 Å². The lowest BCUT2D eigenvalue weighted by molar-refractivity contribution is 0.298. The molecular weight excluding hydrogens is 212 g/mol. The molecule has 3 heteroatoms. The number of rotatable bonds is 3. The van der Waals surface area contributed by atoms with Crippen LogP contribution in [0.4, 0.5) is 0 Å². The van der Waals surface area contributed by atoms with Crippen LogP contribution in [0.1, 0.15) is 60.8 Å². The fourth-order valence-corrected chi connectivity index (χ4v) is 2.78. The molecule has 0 atom stereocenters. The molecule has 17 heavy (non-hydrogen) atoms. The second-order valence-electron chi connectivity index (χ2n) is 5.04. The van der Waals surface area contributed by atoms with Crippen molar-refractivity contribution in [1.82, 2.24) is 9.97 Å². The maximum absolute atomic E-state index is 9.03. The molecule has 0 aromatic carbocycles. The van der Waals surface area contributed by atoms with Crippen molar-refractivity contribution >= 4 is 0 Å². The summed E-state index contributed by atoms with van der Waals surface area (Å²) >= 11 is 0. The molecule has 0 saturated heterocycles. The van der Waals surface area contributed by atoms with Gasteiger partial charge in [0.2, 0.25) is 0 Å². The highest BCUT2D eigenvalue weighted by Gasteiger charge is 2.19. The van der Waals surface area contributed by atoms with Gasteiger partial charge in [0.1, 0.15) is 5.82 Å². The van der Waals surface area contributed by atoms with Gasteiger partial charge in [0.05, 0.1) is 0 Å². The van der Waals surface area contributed by atoms with E-state index < -0.39 is 0 Å². The summed E-state index contributed by atoms with van der Waals surface area (Å²) in [6.07, 6.45) is 7.12. The number of hydrogen-bond donors (Lipinski definition) is 1. The maximum Gasteiger partial charge on any atom is 0.131 e. The van der Waals surface area contributed by atoms with E-state index in [0.717, 1.165) is 22.8 Å². The normalized spacial score (nSPS) is 17.4. The zero-order valence-corrected chi connectivity index (χ0v) is 10.9. The lowest BCUT2D eigenvalue weighted by atomic mass is 9.88. The Balaban J connectivity index is 2.24. The SMILES string of the molecule is Cc1nc(C2CCCCC2)nc(C)c1CCO. The number of aromatic nitrogens is 2. The fraction of sp³-hybridized carbons (Fsp3) is 0.714. The highest BCUT2D eigenvalue weighted by Crippen LogP contribution is 2.31. The summed E-state index contributed by atoms with van der Waals surface area (Å²) < 4.78 is 0. The molecule has 3 nitrogen and oxygen atoms in total.